The zero-order chi connectivity index (χ0) is 16.8. The van der Waals surface area contributed by atoms with Crippen LogP contribution in [-0.4, -0.2) is 45.4 Å². The predicted molar refractivity (Wildman–Crippen MR) is 95.1 cm³/mol. The Kier molecular flexibility index (Phi) is 5.77. The minimum atomic E-state index is -0.401. The second-order valence-corrected chi connectivity index (χ2v) is 6.93. The van der Waals surface area contributed by atoms with Crippen molar-refractivity contribution in [3.63, 3.8) is 0 Å². The highest BCUT2D eigenvalue weighted by Gasteiger charge is 2.11. The van der Waals surface area contributed by atoms with E-state index in [-0.39, 0.29) is 5.69 Å². The molecule has 3 rings (SSSR count). The quantitative estimate of drug-likeness (QED) is 0.453. The third kappa shape index (κ3) is 4.52. The molecule has 6 nitrogen and oxygen atoms in total. The van der Waals surface area contributed by atoms with Crippen molar-refractivity contribution in [3.8, 4) is 11.3 Å². The van der Waals surface area contributed by atoms with E-state index in [0.717, 1.165) is 17.3 Å². The fourth-order valence-corrected chi connectivity index (χ4v) is 3.61. The second kappa shape index (κ2) is 8.21. The van der Waals surface area contributed by atoms with E-state index in [1.54, 1.807) is 23.9 Å². The molecule has 126 valence electrons. The summed E-state index contributed by atoms with van der Waals surface area (Å²) >= 11 is 1.70. The molecule has 0 bridgehead atoms. The molecule has 0 spiro atoms. The largest absolute Gasteiger partial charge is 0.303 e. The van der Waals surface area contributed by atoms with Gasteiger partial charge in [0.15, 0.2) is 0 Å². The standard InChI is InChI=1S/C17H20N4O2S/c22-21(23)15-6-4-5-14(13-15)16-7-8-17(19-18-16)24-12-11-20-9-2-1-3-10-20/h4-8,13H,1-3,9-12H2. The molecule has 1 aliphatic rings. The van der Waals surface area contributed by atoms with Crippen LogP contribution >= 0.6 is 11.8 Å². The van der Waals surface area contributed by atoms with E-state index in [4.69, 9.17) is 0 Å². The lowest BCUT2D eigenvalue weighted by Crippen LogP contribution is -2.31. The first-order valence-electron chi connectivity index (χ1n) is 8.16. The Morgan fingerprint density at radius 1 is 1.12 bits per heavy atom. The summed E-state index contributed by atoms with van der Waals surface area (Å²) in [5, 5.41) is 20.2. The van der Waals surface area contributed by atoms with Gasteiger partial charge in [-0.2, -0.15) is 0 Å². The number of hydrogen-bond donors (Lipinski definition) is 0. The van der Waals surface area contributed by atoms with Crippen molar-refractivity contribution in [3.05, 3.63) is 46.5 Å². The first-order valence-corrected chi connectivity index (χ1v) is 9.15. The highest BCUT2D eigenvalue weighted by Crippen LogP contribution is 2.23. The molecule has 1 aliphatic heterocycles. The van der Waals surface area contributed by atoms with Crippen molar-refractivity contribution in [2.45, 2.75) is 24.3 Å². The van der Waals surface area contributed by atoms with Gasteiger partial charge in [-0.3, -0.25) is 10.1 Å². The molecule has 2 heterocycles. The predicted octanol–water partition coefficient (Wildman–Crippen LogP) is 3.63. The maximum Gasteiger partial charge on any atom is 0.270 e. The van der Waals surface area contributed by atoms with Crippen LogP contribution in [0.4, 0.5) is 5.69 Å². The zero-order valence-electron chi connectivity index (χ0n) is 13.4. The Morgan fingerprint density at radius 2 is 1.96 bits per heavy atom. The Morgan fingerprint density at radius 3 is 2.67 bits per heavy atom. The minimum Gasteiger partial charge on any atom is -0.303 e. The van der Waals surface area contributed by atoms with Gasteiger partial charge in [0.2, 0.25) is 0 Å². The van der Waals surface area contributed by atoms with E-state index >= 15 is 0 Å². The number of thioether (sulfide) groups is 1. The third-order valence-electron chi connectivity index (χ3n) is 4.10. The fourth-order valence-electron chi connectivity index (χ4n) is 2.79. The SMILES string of the molecule is O=[N+]([O-])c1cccc(-c2ccc(SCCN3CCCCC3)nn2)c1. The summed E-state index contributed by atoms with van der Waals surface area (Å²) in [7, 11) is 0. The van der Waals surface area contributed by atoms with E-state index in [0.29, 0.717) is 11.3 Å². The van der Waals surface area contributed by atoms with Crippen molar-refractivity contribution in [1.82, 2.24) is 15.1 Å². The number of nitro benzene ring substituents is 1. The molecule has 1 fully saturated rings. The average molecular weight is 344 g/mol. The van der Waals surface area contributed by atoms with E-state index in [9.17, 15) is 10.1 Å². The summed E-state index contributed by atoms with van der Waals surface area (Å²) in [6.45, 7) is 3.49. The summed E-state index contributed by atoms with van der Waals surface area (Å²) in [6, 6.07) is 10.3. The molecule has 0 unspecified atom stereocenters. The molecule has 1 aromatic heterocycles. The van der Waals surface area contributed by atoms with Gasteiger partial charge in [0.1, 0.15) is 5.03 Å². The molecule has 0 saturated carbocycles. The van der Waals surface area contributed by atoms with Gasteiger partial charge < -0.3 is 4.90 Å². The highest BCUT2D eigenvalue weighted by atomic mass is 32.2. The number of likely N-dealkylation sites (tertiary alicyclic amines) is 1. The number of rotatable bonds is 6. The van der Waals surface area contributed by atoms with Crippen LogP contribution in [0.1, 0.15) is 19.3 Å². The Balaban J connectivity index is 1.57. The summed E-state index contributed by atoms with van der Waals surface area (Å²) in [4.78, 5) is 12.9. The van der Waals surface area contributed by atoms with Crippen LogP contribution in [0.25, 0.3) is 11.3 Å². The molecule has 0 aliphatic carbocycles. The maximum atomic E-state index is 10.8. The Bertz CT molecular complexity index is 687. The molecular formula is C17H20N4O2S. The Labute approximate surface area is 145 Å². The van der Waals surface area contributed by atoms with Crippen molar-refractivity contribution in [2.75, 3.05) is 25.4 Å². The first kappa shape index (κ1) is 16.9. The number of aromatic nitrogens is 2. The summed E-state index contributed by atoms with van der Waals surface area (Å²) in [5.74, 6) is 1.00. The van der Waals surface area contributed by atoms with Gasteiger partial charge in [0, 0.05) is 30.0 Å². The van der Waals surface area contributed by atoms with Crippen LogP contribution in [0, 0.1) is 10.1 Å². The summed E-state index contributed by atoms with van der Waals surface area (Å²) in [5.41, 5.74) is 1.43. The van der Waals surface area contributed by atoms with Crippen LogP contribution < -0.4 is 0 Å². The van der Waals surface area contributed by atoms with E-state index in [2.05, 4.69) is 15.1 Å². The van der Waals surface area contributed by atoms with Gasteiger partial charge in [-0.25, -0.2) is 0 Å². The normalized spacial score (nSPS) is 15.3. The summed E-state index contributed by atoms with van der Waals surface area (Å²) < 4.78 is 0. The minimum absolute atomic E-state index is 0.0642. The first-order chi connectivity index (χ1) is 11.7. The van der Waals surface area contributed by atoms with Crippen molar-refractivity contribution in [2.24, 2.45) is 0 Å². The molecule has 7 heteroatoms. The van der Waals surface area contributed by atoms with Gasteiger partial charge >= 0.3 is 0 Å². The average Bonchev–Trinajstić information content (AvgIpc) is 2.63. The van der Waals surface area contributed by atoms with Crippen molar-refractivity contribution < 1.29 is 4.92 Å². The van der Waals surface area contributed by atoms with Crippen molar-refractivity contribution >= 4 is 17.4 Å². The van der Waals surface area contributed by atoms with E-state index in [1.807, 2.05) is 12.1 Å². The number of non-ortho nitro benzene ring substituents is 1. The van der Waals surface area contributed by atoms with Gasteiger partial charge in [-0.15, -0.1) is 22.0 Å². The molecule has 2 aromatic rings. The monoisotopic (exact) mass is 344 g/mol. The lowest BCUT2D eigenvalue weighted by atomic mass is 10.1. The van der Waals surface area contributed by atoms with E-state index < -0.39 is 4.92 Å². The number of nitrogens with zero attached hydrogens (tertiary/aromatic N) is 4. The van der Waals surface area contributed by atoms with Crippen LogP contribution in [0.5, 0.6) is 0 Å². The lowest BCUT2D eigenvalue weighted by molar-refractivity contribution is -0.384. The zero-order valence-corrected chi connectivity index (χ0v) is 14.2. The number of nitro groups is 1. The highest BCUT2D eigenvalue weighted by molar-refractivity contribution is 7.99. The number of benzene rings is 1. The maximum absolute atomic E-state index is 10.8. The molecule has 0 radical (unpaired) electrons. The lowest BCUT2D eigenvalue weighted by Gasteiger charge is -2.25. The smallest absolute Gasteiger partial charge is 0.270 e. The second-order valence-electron chi connectivity index (χ2n) is 5.82. The van der Waals surface area contributed by atoms with Crippen LogP contribution in [0.2, 0.25) is 0 Å². The van der Waals surface area contributed by atoms with Crippen LogP contribution in [0.3, 0.4) is 0 Å². The van der Waals surface area contributed by atoms with Gasteiger partial charge in [0.25, 0.3) is 5.69 Å². The third-order valence-corrected chi connectivity index (χ3v) is 5.00. The molecular weight excluding hydrogens is 324 g/mol. The van der Waals surface area contributed by atoms with Gasteiger partial charge in [-0.1, -0.05) is 18.6 Å². The molecule has 0 atom stereocenters. The molecule has 1 saturated heterocycles. The number of hydrogen-bond acceptors (Lipinski definition) is 6. The summed E-state index contributed by atoms with van der Waals surface area (Å²) in [6.07, 6.45) is 3.97. The molecule has 1 aromatic carbocycles. The fraction of sp³-hybridized carbons (Fsp3) is 0.412. The van der Waals surface area contributed by atoms with Crippen LogP contribution in [0.15, 0.2) is 41.4 Å². The molecule has 0 N–H and O–H groups in total. The topological polar surface area (TPSA) is 72.2 Å². The van der Waals surface area contributed by atoms with Gasteiger partial charge in [0.05, 0.1) is 10.6 Å². The molecule has 0 amide bonds. The van der Waals surface area contributed by atoms with Crippen LogP contribution in [-0.2, 0) is 0 Å². The van der Waals surface area contributed by atoms with E-state index in [1.165, 1.54) is 44.5 Å². The Hall–Kier alpha value is -1.99. The number of piperidine rings is 1. The van der Waals surface area contributed by atoms with Crippen molar-refractivity contribution in [1.29, 1.82) is 0 Å². The molecule has 24 heavy (non-hydrogen) atoms. The van der Waals surface area contributed by atoms with Gasteiger partial charge in [-0.05, 0) is 38.1 Å².